The molecule has 0 aromatic rings. The molecule has 1 aliphatic carbocycles. The molecule has 9 nitrogen and oxygen atoms in total. The third-order valence-corrected chi connectivity index (χ3v) is 6.09. The van der Waals surface area contributed by atoms with Gasteiger partial charge in [0.05, 0.1) is 12.2 Å². The molecule has 1 rings (SSSR count). The number of hydrogen-bond donors (Lipinski definition) is 3. The van der Waals surface area contributed by atoms with Crippen molar-refractivity contribution in [3.8, 4) is 0 Å². The summed E-state index contributed by atoms with van der Waals surface area (Å²) in [5.41, 5.74) is 9.79. The molecule has 2 amide bonds. The minimum Gasteiger partial charge on any atom is -0.478 e. The van der Waals surface area contributed by atoms with Crippen molar-refractivity contribution in [2.45, 2.75) is 73.8 Å². The molecule has 182 valence electrons. The van der Waals surface area contributed by atoms with Crippen LogP contribution in [0.15, 0.2) is 11.5 Å². The van der Waals surface area contributed by atoms with E-state index < -0.39 is 35.4 Å². The van der Waals surface area contributed by atoms with E-state index in [2.05, 4.69) is 31.6 Å². The fourth-order valence-electron chi connectivity index (χ4n) is 4.49. The van der Waals surface area contributed by atoms with E-state index in [0.29, 0.717) is 11.8 Å². The van der Waals surface area contributed by atoms with Crippen LogP contribution in [0.1, 0.15) is 67.7 Å². The molecular weight excluding hydrogens is 414 g/mol. The van der Waals surface area contributed by atoms with Gasteiger partial charge in [-0.1, -0.05) is 34.1 Å². The predicted octanol–water partition coefficient (Wildman–Crippen LogP) is 2.84. The summed E-state index contributed by atoms with van der Waals surface area (Å²) in [7, 11) is 0. The monoisotopic (exact) mass is 453 g/mol. The molecule has 0 spiro atoms. The van der Waals surface area contributed by atoms with Gasteiger partial charge in [0, 0.05) is 5.92 Å². The number of esters is 1. The fraction of sp³-hybridized carbons (Fsp3) is 0.739. The maximum atomic E-state index is 13.2. The molecule has 0 bridgehead atoms. The Hall–Kier alpha value is -2.58. The maximum absolute atomic E-state index is 13.2. The predicted molar refractivity (Wildman–Crippen MR) is 120 cm³/mol. The molecule has 1 aliphatic rings. The SMILES string of the molecule is CCOC(NNC(N)=O)=C(C(C)=O)C(C)C(C(C)=O)C(=O)OC1CC(C)CCC1C(C)C. The van der Waals surface area contributed by atoms with Gasteiger partial charge in [-0.15, -0.1) is 0 Å². The number of urea groups is 1. The highest BCUT2D eigenvalue weighted by molar-refractivity contribution is 6.02. The number of hydrogen-bond acceptors (Lipinski definition) is 7. The standard InChI is InChI=1S/C23H39N3O6/c1-8-31-21(25-26-23(24)30)19(15(6)27)14(5)20(16(7)28)22(29)32-18-11-13(4)9-10-17(18)12(2)3/h12-14,17-18,20,25H,8-11H2,1-7H3,(H3,24,26,30). The van der Waals surface area contributed by atoms with Crippen LogP contribution in [0, 0.1) is 29.6 Å². The highest BCUT2D eigenvalue weighted by Crippen LogP contribution is 2.36. The molecule has 0 aliphatic heterocycles. The zero-order chi connectivity index (χ0) is 24.6. The van der Waals surface area contributed by atoms with Crippen molar-refractivity contribution >= 4 is 23.6 Å². The van der Waals surface area contributed by atoms with Crippen molar-refractivity contribution in [2.24, 2.45) is 35.3 Å². The Bertz CT molecular complexity index is 733. The minimum atomic E-state index is -1.19. The van der Waals surface area contributed by atoms with E-state index >= 15 is 0 Å². The van der Waals surface area contributed by atoms with Gasteiger partial charge < -0.3 is 15.2 Å². The number of primary amides is 1. The summed E-state index contributed by atoms with van der Waals surface area (Å²) in [6.07, 6.45) is 2.52. The average Bonchev–Trinajstić information content (AvgIpc) is 2.65. The lowest BCUT2D eigenvalue weighted by Crippen LogP contribution is -2.44. The first-order valence-electron chi connectivity index (χ1n) is 11.3. The Morgan fingerprint density at radius 1 is 1.06 bits per heavy atom. The molecule has 1 fully saturated rings. The number of nitrogens with two attached hydrogens (primary N) is 1. The van der Waals surface area contributed by atoms with Gasteiger partial charge in [-0.05, 0) is 51.4 Å². The third kappa shape index (κ3) is 7.53. The van der Waals surface area contributed by atoms with Crippen LogP contribution in [-0.2, 0) is 23.9 Å². The highest BCUT2D eigenvalue weighted by atomic mass is 16.5. The Morgan fingerprint density at radius 3 is 2.16 bits per heavy atom. The smallest absolute Gasteiger partial charge is 0.330 e. The number of nitrogens with one attached hydrogen (secondary N) is 2. The number of hydrazine groups is 1. The van der Waals surface area contributed by atoms with Gasteiger partial charge in [-0.25, -0.2) is 10.2 Å². The van der Waals surface area contributed by atoms with Crippen molar-refractivity contribution in [1.29, 1.82) is 0 Å². The lowest BCUT2D eigenvalue weighted by atomic mass is 9.75. The molecule has 32 heavy (non-hydrogen) atoms. The van der Waals surface area contributed by atoms with Crippen LogP contribution in [0.3, 0.4) is 0 Å². The first-order chi connectivity index (χ1) is 14.9. The molecule has 5 unspecified atom stereocenters. The van der Waals surface area contributed by atoms with Gasteiger partial charge >= 0.3 is 12.0 Å². The molecule has 0 saturated heterocycles. The van der Waals surface area contributed by atoms with Crippen molar-refractivity contribution in [2.75, 3.05) is 6.61 Å². The first kappa shape index (κ1) is 27.5. The second-order valence-corrected chi connectivity index (χ2v) is 9.02. The highest BCUT2D eigenvalue weighted by Gasteiger charge is 2.40. The summed E-state index contributed by atoms with van der Waals surface area (Å²) < 4.78 is 11.4. The summed E-state index contributed by atoms with van der Waals surface area (Å²) in [5, 5.41) is 0. The van der Waals surface area contributed by atoms with E-state index in [0.717, 1.165) is 19.3 Å². The second-order valence-electron chi connectivity index (χ2n) is 9.02. The molecule has 9 heteroatoms. The number of ether oxygens (including phenoxy) is 2. The molecule has 0 radical (unpaired) electrons. The summed E-state index contributed by atoms with van der Waals surface area (Å²) in [6, 6.07) is -0.883. The average molecular weight is 454 g/mol. The quantitative estimate of drug-likeness (QED) is 0.144. The Kier molecular flexibility index (Phi) is 10.7. The van der Waals surface area contributed by atoms with Gasteiger partial charge in [0.1, 0.15) is 17.8 Å². The number of carbonyl (C=O) groups excluding carboxylic acids is 4. The number of amides is 2. The van der Waals surface area contributed by atoms with E-state index in [4.69, 9.17) is 15.2 Å². The largest absolute Gasteiger partial charge is 0.478 e. The number of allylic oxidation sites excluding steroid dienone is 1. The van der Waals surface area contributed by atoms with Crippen molar-refractivity contribution in [3.05, 3.63) is 11.5 Å². The Balaban J connectivity index is 3.26. The Labute approximate surface area is 190 Å². The maximum Gasteiger partial charge on any atom is 0.330 e. The summed E-state index contributed by atoms with van der Waals surface area (Å²) >= 11 is 0. The van der Waals surface area contributed by atoms with E-state index in [1.165, 1.54) is 13.8 Å². The third-order valence-electron chi connectivity index (χ3n) is 6.09. The van der Waals surface area contributed by atoms with Crippen LogP contribution < -0.4 is 16.6 Å². The van der Waals surface area contributed by atoms with Crippen LogP contribution in [0.5, 0.6) is 0 Å². The Morgan fingerprint density at radius 2 is 1.69 bits per heavy atom. The van der Waals surface area contributed by atoms with Crippen LogP contribution in [0.2, 0.25) is 0 Å². The molecule has 1 saturated carbocycles. The van der Waals surface area contributed by atoms with E-state index in [9.17, 15) is 19.2 Å². The minimum absolute atomic E-state index is 0.0586. The summed E-state index contributed by atoms with van der Waals surface area (Å²) in [6.45, 7) is 12.4. The molecule has 0 aromatic heterocycles. The molecule has 4 N–H and O–H groups in total. The van der Waals surface area contributed by atoms with Crippen LogP contribution in [0.25, 0.3) is 0 Å². The number of ketones is 2. The number of rotatable bonds is 11. The van der Waals surface area contributed by atoms with Gasteiger partial charge in [0.25, 0.3) is 0 Å². The molecule has 0 aromatic carbocycles. The lowest BCUT2D eigenvalue weighted by molar-refractivity contribution is -0.164. The first-order valence-corrected chi connectivity index (χ1v) is 11.3. The van der Waals surface area contributed by atoms with Crippen molar-refractivity contribution < 1.29 is 28.7 Å². The molecule has 5 atom stereocenters. The van der Waals surface area contributed by atoms with E-state index in [1.807, 2.05) is 0 Å². The summed E-state index contributed by atoms with van der Waals surface area (Å²) in [4.78, 5) is 49.3. The normalized spacial score (nSPS) is 23.4. The van der Waals surface area contributed by atoms with E-state index in [1.54, 1.807) is 13.8 Å². The topological polar surface area (TPSA) is 137 Å². The summed E-state index contributed by atoms with van der Waals surface area (Å²) in [5.74, 6) is -2.57. The van der Waals surface area contributed by atoms with Gasteiger partial charge in [-0.3, -0.25) is 19.8 Å². The van der Waals surface area contributed by atoms with Crippen molar-refractivity contribution in [3.63, 3.8) is 0 Å². The van der Waals surface area contributed by atoms with Crippen LogP contribution in [0.4, 0.5) is 4.79 Å². The zero-order valence-electron chi connectivity index (χ0n) is 20.3. The van der Waals surface area contributed by atoms with Crippen LogP contribution >= 0.6 is 0 Å². The molecular formula is C23H39N3O6. The number of Topliss-reactive ketones (excluding diaryl/α,β-unsaturated/α-hetero) is 2. The van der Waals surface area contributed by atoms with Gasteiger partial charge in [-0.2, -0.15) is 0 Å². The van der Waals surface area contributed by atoms with Crippen molar-refractivity contribution in [1.82, 2.24) is 10.9 Å². The fourth-order valence-corrected chi connectivity index (χ4v) is 4.49. The van der Waals surface area contributed by atoms with Gasteiger partial charge in [0.15, 0.2) is 5.78 Å². The zero-order valence-corrected chi connectivity index (χ0v) is 20.3. The second kappa shape index (κ2) is 12.5. The van der Waals surface area contributed by atoms with E-state index in [-0.39, 0.29) is 30.1 Å². The van der Waals surface area contributed by atoms with Crippen LogP contribution in [-0.4, -0.2) is 36.3 Å². The lowest BCUT2D eigenvalue weighted by Gasteiger charge is -2.37. The van der Waals surface area contributed by atoms with Gasteiger partial charge in [0.2, 0.25) is 5.88 Å². The number of carbonyl (C=O) groups is 4. The molecule has 0 heterocycles.